The van der Waals surface area contributed by atoms with Crippen molar-refractivity contribution < 1.29 is 0 Å². The van der Waals surface area contributed by atoms with E-state index in [4.69, 9.17) is 4.98 Å². The zero-order valence-electron chi connectivity index (χ0n) is 16.7. The Bertz CT molecular complexity index is 897. The van der Waals surface area contributed by atoms with Crippen molar-refractivity contribution in [3.8, 4) is 0 Å². The number of nitrogens with zero attached hydrogens (tertiary/aromatic N) is 5. The summed E-state index contributed by atoms with van der Waals surface area (Å²) in [5, 5.41) is 0. The van der Waals surface area contributed by atoms with Gasteiger partial charge < -0.3 is 4.57 Å². The van der Waals surface area contributed by atoms with Crippen LogP contribution in [0.4, 0.5) is 0 Å². The van der Waals surface area contributed by atoms with Crippen molar-refractivity contribution in [2.45, 2.75) is 53.1 Å². The molecule has 1 saturated heterocycles. The molecule has 3 rings (SSSR count). The molecule has 1 aliphatic heterocycles. The van der Waals surface area contributed by atoms with Gasteiger partial charge in [-0.1, -0.05) is 27.2 Å². The standard InChI is InChI=1S/C19H31N5O2/c1-6-7-8-24-15(12-23-10-13(2)9-14(3)11-23)20-17-16(24)18(25)22(5)19(26)21(17)4/h13-14H,6-12H2,1-5H3. The molecular formula is C19H31N5O2. The fourth-order valence-corrected chi connectivity index (χ4v) is 4.29. The molecule has 0 amide bonds. The fourth-order valence-electron chi connectivity index (χ4n) is 4.29. The molecule has 0 aromatic carbocycles. The lowest BCUT2D eigenvalue weighted by Crippen LogP contribution is -2.39. The van der Waals surface area contributed by atoms with Gasteiger partial charge in [-0.25, -0.2) is 9.78 Å². The molecule has 0 N–H and O–H groups in total. The van der Waals surface area contributed by atoms with Crippen LogP contribution in [0.3, 0.4) is 0 Å². The summed E-state index contributed by atoms with van der Waals surface area (Å²) in [6.07, 6.45) is 3.29. The molecule has 3 heterocycles. The topological polar surface area (TPSA) is 65.1 Å². The summed E-state index contributed by atoms with van der Waals surface area (Å²) in [5.41, 5.74) is 0.478. The minimum Gasteiger partial charge on any atom is -0.321 e. The molecule has 2 unspecified atom stereocenters. The molecule has 7 heteroatoms. The largest absolute Gasteiger partial charge is 0.332 e. The van der Waals surface area contributed by atoms with Crippen LogP contribution in [0.5, 0.6) is 0 Å². The van der Waals surface area contributed by atoms with Gasteiger partial charge in [0, 0.05) is 33.7 Å². The number of aromatic nitrogens is 4. The van der Waals surface area contributed by atoms with Gasteiger partial charge in [-0.15, -0.1) is 0 Å². The molecule has 7 nitrogen and oxygen atoms in total. The van der Waals surface area contributed by atoms with Crippen LogP contribution in [-0.2, 0) is 27.2 Å². The minimum atomic E-state index is -0.325. The molecule has 1 aliphatic rings. The van der Waals surface area contributed by atoms with E-state index in [0.717, 1.165) is 44.8 Å². The fraction of sp³-hybridized carbons (Fsp3) is 0.737. The summed E-state index contributed by atoms with van der Waals surface area (Å²) in [5.74, 6) is 2.24. The number of aryl methyl sites for hydroxylation is 2. The number of piperidine rings is 1. The highest BCUT2D eigenvalue weighted by atomic mass is 16.2. The first kappa shape index (κ1) is 18.9. The summed E-state index contributed by atoms with van der Waals surface area (Å²) in [6.45, 7) is 10.3. The predicted octanol–water partition coefficient (Wildman–Crippen LogP) is 1.71. The van der Waals surface area contributed by atoms with E-state index in [1.807, 2.05) is 4.57 Å². The van der Waals surface area contributed by atoms with Gasteiger partial charge in [0.1, 0.15) is 5.82 Å². The quantitative estimate of drug-likeness (QED) is 0.813. The van der Waals surface area contributed by atoms with Crippen molar-refractivity contribution in [1.82, 2.24) is 23.6 Å². The molecule has 2 aromatic heterocycles. The van der Waals surface area contributed by atoms with E-state index in [2.05, 4.69) is 25.7 Å². The molecule has 0 radical (unpaired) electrons. The Morgan fingerprint density at radius 2 is 1.73 bits per heavy atom. The number of unbranched alkanes of at least 4 members (excludes halogenated alkanes) is 1. The Hall–Kier alpha value is -1.89. The molecule has 0 saturated carbocycles. The molecule has 2 aromatic rings. The van der Waals surface area contributed by atoms with Gasteiger partial charge in [-0.05, 0) is 24.7 Å². The first-order valence-electron chi connectivity index (χ1n) is 9.70. The van der Waals surface area contributed by atoms with Crippen LogP contribution in [0.25, 0.3) is 11.2 Å². The third-order valence-electron chi connectivity index (χ3n) is 5.47. The van der Waals surface area contributed by atoms with Crippen molar-refractivity contribution in [3.05, 3.63) is 26.7 Å². The Kier molecular flexibility index (Phi) is 5.37. The molecule has 0 bridgehead atoms. The number of hydrogen-bond donors (Lipinski definition) is 0. The molecule has 0 aliphatic carbocycles. The van der Waals surface area contributed by atoms with Crippen LogP contribution in [-0.4, -0.2) is 36.7 Å². The maximum absolute atomic E-state index is 12.8. The van der Waals surface area contributed by atoms with Crippen molar-refractivity contribution >= 4 is 11.2 Å². The van der Waals surface area contributed by atoms with E-state index in [1.165, 1.54) is 22.6 Å². The number of likely N-dealkylation sites (tertiary alicyclic amines) is 1. The van der Waals surface area contributed by atoms with Crippen molar-refractivity contribution in [1.29, 1.82) is 0 Å². The highest BCUT2D eigenvalue weighted by Crippen LogP contribution is 2.23. The SMILES string of the molecule is CCCCn1c(CN2CC(C)CC(C)C2)nc2c1c(=O)n(C)c(=O)n2C. The van der Waals surface area contributed by atoms with E-state index in [9.17, 15) is 9.59 Å². The molecule has 0 spiro atoms. The summed E-state index contributed by atoms with van der Waals surface area (Å²) >= 11 is 0. The van der Waals surface area contributed by atoms with Crippen LogP contribution >= 0.6 is 0 Å². The Morgan fingerprint density at radius 1 is 1.08 bits per heavy atom. The molecule has 26 heavy (non-hydrogen) atoms. The van der Waals surface area contributed by atoms with Crippen LogP contribution < -0.4 is 11.2 Å². The van der Waals surface area contributed by atoms with E-state index in [0.29, 0.717) is 23.0 Å². The van der Waals surface area contributed by atoms with Gasteiger partial charge in [-0.3, -0.25) is 18.8 Å². The normalized spacial score (nSPS) is 21.6. The van der Waals surface area contributed by atoms with Crippen molar-refractivity contribution in [3.63, 3.8) is 0 Å². The summed E-state index contributed by atoms with van der Waals surface area (Å²) < 4.78 is 4.72. The second-order valence-electron chi connectivity index (χ2n) is 8.05. The van der Waals surface area contributed by atoms with E-state index in [-0.39, 0.29) is 11.2 Å². The molecule has 1 fully saturated rings. The maximum Gasteiger partial charge on any atom is 0.332 e. The predicted molar refractivity (Wildman–Crippen MR) is 103 cm³/mol. The lowest BCUT2D eigenvalue weighted by atomic mass is 9.92. The summed E-state index contributed by atoms with van der Waals surface area (Å²) in [6, 6.07) is 0. The lowest BCUT2D eigenvalue weighted by molar-refractivity contribution is 0.130. The Labute approximate surface area is 154 Å². The second kappa shape index (κ2) is 7.39. The van der Waals surface area contributed by atoms with Crippen LogP contribution in [0.2, 0.25) is 0 Å². The van der Waals surface area contributed by atoms with Gasteiger partial charge >= 0.3 is 5.69 Å². The monoisotopic (exact) mass is 361 g/mol. The second-order valence-corrected chi connectivity index (χ2v) is 8.05. The molecule has 144 valence electrons. The van der Waals surface area contributed by atoms with E-state index in [1.54, 1.807) is 7.05 Å². The smallest absolute Gasteiger partial charge is 0.321 e. The van der Waals surface area contributed by atoms with E-state index >= 15 is 0 Å². The lowest BCUT2D eigenvalue weighted by Gasteiger charge is -2.34. The third-order valence-corrected chi connectivity index (χ3v) is 5.47. The summed E-state index contributed by atoms with van der Waals surface area (Å²) in [4.78, 5) is 32.2. The highest BCUT2D eigenvalue weighted by molar-refractivity contribution is 5.71. The van der Waals surface area contributed by atoms with E-state index < -0.39 is 0 Å². The average molecular weight is 361 g/mol. The van der Waals surface area contributed by atoms with Crippen LogP contribution in [0.1, 0.15) is 45.9 Å². The van der Waals surface area contributed by atoms with Gasteiger partial charge in [0.05, 0.1) is 6.54 Å². The molecular weight excluding hydrogens is 330 g/mol. The van der Waals surface area contributed by atoms with Crippen LogP contribution in [0.15, 0.2) is 9.59 Å². The Morgan fingerprint density at radius 3 is 2.35 bits per heavy atom. The number of hydrogen-bond acceptors (Lipinski definition) is 4. The maximum atomic E-state index is 12.8. The van der Waals surface area contributed by atoms with Crippen LogP contribution in [0, 0.1) is 11.8 Å². The van der Waals surface area contributed by atoms with Crippen molar-refractivity contribution in [2.75, 3.05) is 13.1 Å². The van der Waals surface area contributed by atoms with Gasteiger partial charge in [0.15, 0.2) is 11.2 Å². The van der Waals surface area contributed by atoms with Gasteiger partial charge in [0.25, 0.3) is 5.56 Å². The van der Waals surface area contributed by atoms with Gasteiger partial charge in [-0.2, -0.15) is 0 Å². The number of fused-ring (bicyclic) bond motifs is 1. The number of rotatable bonds is 5. The first-order chi connectivity index (χ1) is 12.3. The first-order valence-corrected chi connectivity index (χ1v) is 9.70. The van der Waals surface area contributed by atoms with Gasteiger partial charge in [0.2, 0.25) is 0 Å². The summed E-state index contributed by atoms with van der Waals surface area (Å²) in [7, 11) is 3.23. The average Bonchev–Trinajstić information content (AvgIpc) is 2.93. The van der Waals surface area contributed by atoms with Crippen molar-refractivity contribution in [2.24, 2.45) is 25.9 Å². The minimum absolute atomic E-state index is 0.252. The zero-order chi connectivity index (χ0) is 19.0. The molecule has 2 atom stereocenters. The Balaban J connectivity index is 2.09. The number of imidazole rings is 1. The highest BCUT2D eigenvalue weighted by Gasteiger charge is 2.25. The zero-order valence-corrected chi connectivity index (χ0v) is 16.7. The third kappa shape index (κ3) is 3.37.